The third kappa shape index (κ3) is 4.30. The fourth-order valence-corrected chi connectivity index (χ4v) is 2.47. The standard InChI is InChI=1S/C15H22N2O3/c16-14(5-6-15(18)19)13-4-2-1-3-12(13)11-17-7-9-20-10-8-17/h1-4,14H,5-11,16H2,(H,18,19). The smallest absolute Gasteiger partial charge is 0.303 e. The number of nitrogens with two attached hydrogens (primary N) is 1. The van der Waals surface area contributed by atoms with Gasteiger partial charge in [-0.25, -0.2) is 0 Å². The van der Waals surface area contributed by atoms with Crippen molar-refractivity contribution in [3.8, 4) is 0 Å². The van der Waals surface area contributed by atoms with Crippen molar-refractivity contribution in [3.05, 3.63) is 35.4 Å². The van der Waals surface area contributed by atoms with Crippen molar-refractivity contribution in [1.82, 2.24) is 4.90 Å². The maximum absolute atomic E-state index is 10.7. The van der Waals surface area contributed by atoms with E-state index in [-0.39, 0.29) is 12.5 Å². The Kier molecular flexibility index (Phi) is 5.52. The van der Waals surface area contributed by atoms with Gasteiger partial charge in [0.2, 0.25) is 0 Å². The number of nitrogens with zero attached hydrogens (tertiary/aromatic N) is 1. The van der Waals surface area contributed by atoms with Gasteiger partial charge in [0.15, 0.2) is 0 Å². The summed E-state index contributed by atoms with van der Waals surface area (Å²) in [7, 11) is 0. The summed E-state index contributed by atoms with van der Waals surface area (Å²) < 4.78 is 5.35. The SMILES string of the molecule is NC(CCC(=O)O)c1ccccc1CN1CCOCC1. The number of ether oxygens (including phenoxy) is 1. The Morgan fingerprint density at radius 2 is 2.05 bits per heavy atom. The highest BCUT2D eigenvalue weighted by Gasteiger charge is 2.16. The molecular weight excluding hydrogens is 256 g/mol. The lowest BCUT2D eigenvalue weighted by molar-refractivity contribution is -0.137. The number of rotatable bonds is 6. The lowest BCUT2D eigenvalue weighted by Gasteiger charge is -2.28. The van der Waals surface area contributed by atoms with Crippen molar-refractivity contribution in [2.24, 2.45) is 5.73 Å². The normalized spacial score (nSPS) is 17.9. The van der Waals surface area contributed by atoms with Gasteiger partial charge in [-0.3, -0.25) is 9.69 Å². The molecule has 5 nitrogen and oxygen atoms in total. The number of aliphatic carboxylic acids is 1. The van der Waals surface area contributed by atoms with Gasteiger partial charge >= 0.3 is 5.97 Å². The molecule has 1 saturated heterocycles. The first-order valence-electron chi connectivity index (χ1n) is 7.02. The molecule has 0 amide bonds. The third-order valence-corrected chi connectivity index (χ3v) is 3.62. The molecule has 1 aliphatic heterocycles. The minimum atomic E-state index is -0.800. The summed E-state index contributed by atoms with van der Waals surface area (Å²) in [6.45, 7) is 4.25. The van der Waals surface area contributed by atoms with Crippen LogP contribution in [-0.4, -0.2) is 42.3 Å². The summed E-state index contributed by atoms with van der Waals surface area (Å²) in [6, 6.07) is 7.82. The molecule has 20 heavy (non-hydrogen) atoms. The monoisotopic (exact) mass is 278 g/mol. The zero-order valence-corrected chi connectivity index (χ0v) is 11.6. The van der Waals surface area contributed by atoms with Gasteiger partial charge in [-0.1, -0.05) is 24.3 Å². The van der Waals surface area contributed by atoms with E-state index in [0.717, 1.165) is 38.4 Å². The van der Waals surface area contributed by atoms with E-state index < -0.39 is 5.97 Å². The van der Waals surface area contributed by atoms with E-state index in [0.29, 0.717) is 6.42 Å². The van der Waals surface area contributed by atoms with Crippen LogP contribution in [0.15, 0.2) is 24.3 Å². The van der Waals surface area contributed by atoms with Crippen LogP contribution in [0.3, 0.4) is 0 Å². The van der Waals surface area contributed by atoms with Crippen LogP contribution in [0.2, 0.25) is 0 Å². The van der Waals surface area contributed by atoms with Crippen LogP contribution >= 0.6 is 0 Å². The molecule has 0 saturated carbocycles. The number of hydrogen-bond acceptors (Lipinski definition) is 4. The van der Waals surface area contributed by atoms with Crippen molar-refractivity contribution in [1.29, 1.82) is 0 Å². The molecule has 110 valence electrons. The van der Waals surface area contributed by atoms with Gasteiger partial charge in [-0.05, 0) is 17.5 Å². The molecule has 2 rings (SSSR count). The largest absolute Gasteiger partial charge is 0.481 e. The lowest BCUT2D eigenvalue weighted by Crippen LogP contribution is -2.36. The zero-order chi connectivity index (χ0) is 14.4. The molecule has 1 aliphatic rings. The van der Waals surface area contributed by atoms with Crippen LogP contribution in [0.1, 0.15) is 30.0 Å². The summed E-state index contributed by atoms with van der Waals surface area (Å²) in [5.41, 5.74) is 8.39. The highest BCUT2D eigenvalue weighted by molar-refractivity contribution is 5.66. The van der Waals surface area contributed by atoms with Crippen molar-refractivity contribution in [2.75, 3.05) is 26.3 Å². The molecular formula is C15H22N2O3. The van der Waals surface area contributed by atoms with Crippen molar-refractivity contribution >= 4 is 5.97 Å². The van der Waals surface area contributed by atoms with Gasteiger partial charge < -0.3 is 15.6 Å². The van der Waals surface area contributed by atoms with E-state index in [4.69, 9.17) is 15.6 Å². The van der Waals surface area contributed by atoms with Crippen LogP contribution in [0.25, 0.3) is 0 Å². The van der Waals surface area contributed by atoms with E-state index in [2.05, 4.69) is 11.0 Å². The third-order valence-electron chi connectivity index (χ3n) is 3.62. The van der Waals surface area contributed by atoms with E-state index in [1.807, 2.05) is 18.2 Å². The van der Waals surface area contributed by atoms with E-state index >= 15 is 0 Å². The predicted octanol–water partition coefficient (Wildman–Crippen LogP) is 1.38. The summed E-state index contributed by atoms with van der Waals surface area (Å²) in [5, 5.41) is 8.76. The first-order valence-corrected chi connectivity index (χ1v) is 7.02. The van der Waals surface area contributed by atoms with Crippen LogP contribution < -0.4 is 5.73 Å². The van der Waals surface area contributed by atoms with Crippen molar-refractivity contribution in [2.45, 2.75) is 25.4 Å². The molecule has 0 aliphatic carbocycles. The first-order chi connectivity index (χ1) is 9.66. The number of benzene rings is 1. The first kappa shape index (κ1) is 15.0. The van der Waals surface area contributed by atoms with Crippen molar-refractivity contribution in [3.63, 3.8) is 0 Å². The molecule has 0 spiro atoms. The molecule has 0 aromatic heterocycles. The predicted molar refractivity (Wildman–Crippen MR) is 76.3 cm³/mol. The van der Waals surface area contributed by atoms with Crippen LogP contribution in [0.5, 0.6) is 0 Å². The van der Waals surface area contributed by atoms with Gasteiger partial charge in [0.25, 0.3) is 0 Å². The molecule has 1 unspecified atom stereocenters. The molecule has 1 heterocycles. The Bertz CT molecular complexity index is 444. The average molecular weight is 278 g/mol. The minimum Gasteiger partial charge on any atom is -0.481 e. The quantitative estimate of drug-likeness (QED) is 0.822. The second kappa shape index (κ2) is 7.38. The Labute approximate surface area is 119 Å². The molecule has 1 aromatic rings. The Balaban J connectivity index is 2.02. The second-order valence-electron chi connectivity index (χ2n) is 5.13. The fraction of sp³-hybridized carbons (Fsp3) is 0.533. The van der Waals surface area contributed by atoms with Gasteiger partial charge in [-0.2, -0.15) is 0 Å². The van der Waals surface area contributed by atoms with E-state index in [1.54, 1.807) is 0 Å². The lowest BCUT2D eigenvalue weighted by atomic mass is 9.97. The summed E-state index contributed by atoms with van der Waals surface area (Å²) in [4.78, 5) is 13.0. The fourth-order valence-electron chi connectivity index (χ4n) is 2.47. The molecule has 0 radical (unpaired) electrons. The summed E-state index contributed by atoms with van der Waals surface area (Å²) in [5.74, 6) is -0.800. The van der Waals surface area contributed by atoms with Crippen LogP contribution in [-0.2, 0) is 16.1 Å². The molecule has 1 atom stereocenters. The summed E-state index contributed by atoms with van der Waals surface area (Å²) >= 11 is 0. The van der Waals surface area contributed by atoms with E-state index in [9.17, 15) is 4.79 Å². The van der Waals surface area contributed by atoms with Crippen LogP contribution in [0, 0.1) is 0 Å². The van der Waals surface area contributed by atoms with Crippen LogP contribution in [0.4, 0.5) is 0 Å². The molecule has 0 bridgehead atoms. The van der Waals surface area contributed by atoms with Crippen molar-refractivity contribution < 1.29 is 14.6 Å². The molecule has 5 heteroatoms. The highest BCUT2D eigenvalue weighted by atomic mass is 16.5. The zero-order valence-electron chi connectivity index (χ0n) is 11.6. The number of carbonyl (C=O) groups is 1. The maximum Gasteiger partial charge on any atom is 0.303 e. The van der Waals surface area contributed by atoms with Gasteiger partial charge in [0.1, 0.15) is 0 Å². The van der Waals surface area contributed by atoms with Gasteiger partial charge in [0.05, 0.1) is 13.2 Å². The number of carboxylic acids is 1. The van der Waals surface area contributed by atoms with E-state index in [1.165, 1.54) is 5.56 Å². The Morgan fingerprint density at radius 3 is 2.75 bits per heavy atom. The number of carboxylic acid groups (broad SMARTS) is 1. The molecule has 1 fully saturated rings. The summed E-state index contributed by atoms with van der Waals surface area (Å²) in [6.07, 6.45) is 0.572. The maximum atomic E-state index is 10.7. The average Bonchev–Trinajstić information content (AvgIpc) is 2.46. The molecule has 3 N–H and O–H groups in total. The molecule has 1 aromatic carbocycles. The van der Waals surface area contributed by atoms with Gasteiger partial charge in [0, 0.05) is 32.1 Å². The number of hydrogen-bond donors (Lipinski definition) is 2. The highest BCUT2D eigenvalue weighted by Crippen LogP contribution is 2.21. The van der Waals surface area contributed by atoms with Gasteiger partial charge in [-0.15, -0.1) is 0 Å². The Hall–Kier alpha value is -1.43. The minimum absolute atomic E-state index is 0.104. The Morgan fingerprint density at radius 1 is 1.35 bits per heavy atom. The number of morpholine rings is 1. The second-order valence-corrected chi connectivity index (χ2v) is 5.13. The topological polar surface area (TPSA) is 75.8 Å².